The van der Waals surface area contributed by atoms with Gasteiger partial charge < -0.3 is 4.74 Å². The third-order valence-corrected chi connectivity index (χ3v) is 3.71. The molecule has 2 aromatic carbocycles. The fraction of sp³-hybridized carbons (Fsp3) is 0.238. The standard InChI is InChI=1S/C21H23NO3/c1-17(23)20(15-18-9-5-3-6-10-18)21(24)25-14-13-22(2)16-19-11-7-4-8-12-19/h3-12,15H,13-14,16H2,1-2H3. The number of hydrogen-bond acceptors (Lipinski definition) is 4. The van der Waals surface area contributed by atoms with Crippen LogP contribution in [-0.2, 0) is 20.9 Å². The summed E-state index contributed by atoms with van der Waals surface area (Å²) in [6.07, 6.45) is 1.57. The molecule has 0 fully saturated rings. The van der Waals surface area contributed by atoms with Gasteiger partial charge in [-0.25, -0.2) is 4.79 Å². The maximum absolute atomic E-state index is 12.2. The average Bonchev–Trinajstić information content (AvgIpc) is 2.61. The van der Waals surface area contributed by atoms with Crippen molar-refractivity contribution in [2.24, 2.45) is 0 Å². The van der Waals surface area contributed by atoms with Crippen molar-refractivity contribution in [3.8, 4) is 0 Å². The van der Waals surface area contributed by atoms with Gasteiger partial charge >= 0.3 is 5.97 Å². The maximum Gasteiger partial charge on any atom is 0.341 e. The van der Waals surface area contributed by atoms with Gasteiger partial charge in [0.15, 0.2) is 5.78 Å². The predicted molar refractivity (Wildman–Crippen MR) is 98.8 cm³/mol. The molecule has 0 aliphatic heterocycles. The van der Waals surface area contributed by atoms with Crippen LogP contribution in [0, 0.1) is 0 Å². The second kappa shape index (κ2) is 9.55. The summed E-state index contributed by atoms with van der Waals surface area (Å²) >= 11 is 0. The molecule has 130 valence electrons. The number of esters is 1. The van der Waals surface area contributed by atoms with Crippen LogP contribution in [0.15, 0.2) is 66.2 Å². The molecule has 0 atom stereocenters. The first kappa shape index (κ1) is 18.6. The van der Waals surface area contributed by atoms with Crippen LogP contribution in [0.1, 0.15) is 18.1 Å². The highest BCUT2D eigenvalue weighted by atomic mass is 16.5. The van der Waals surface area contributed by atoms with Crippen molar-refractivity contribution in [1.82, 2.24) is 4.90 Å². The fourth-order valence-electron chi connectivity index (χ4n) is 2.37. The van der Waals surface area contributed by atoms with E-state index in [2.05, 4.69) is 17.0 Å². The summed E-state index contributed by atoms with van der Waals surface area (Å²) in [6, 6.07) is 19.3. The van der Waals surface area contributed by atoms with E-state index in [4.69, 9.17) is 4.74 Å². The second-order valence-electron chi connectivity index (χ2n) is 5.88. The topological polar surface area (TPSA) is 46.6 Å². The lowest BCUT2D eigenvalue weighted by Gasteiger charge is -2.16. The monoisotopic (exact) mass is 337 g/mol. The van der Waals surface area contributed by atoms with E-state index < -0.39 is 5.97 Å². The number of ether oxygens (including phenoxy) is 1. The molecule has 0 spiro atoms. The Labute approximate surface area is 148 Å². The molecule has 4 nitrogen and oxygen atoms in total. The maximum atomic E-state index is 12.2. The van der Waals surface area contributed by atoms with Crippen LogP contribution in [0.3, 0.4) is 0 Å². The number of rotatable bonds is 8. The van der Waals surface area contributed by atoms with Crippen LogP contribution < -0.4 is 0 Å². The molecular weight excluding hydrogens is 314 g/mol. The van der Waals surface area contributed by atoms with Crippen LogP contribution >= 0.6 is 0 Å². The molecule has 25 heavy (non-hydrogen) atoms. The van der Waals surface area contributed by atoms with Gasteiger partial charge in [-0.15, -0.1) is 0 Å². The highest BCUT2D eigenvalue weighted by Gasteiger charge is 2.16. The Morgan fingerprint density at radius 1 is 1.00 bits per heavy atom. The third kappa shape index (κ3) is 6.36. The Bertz CT molecular complexity index is 723. The quantitative estimate of drug-likeness (QED) is 0.321. The Balaban J connectivity index is 1.87. The minimum absolute atomic E-state index is 0.0666. The number of nitrogens with zero attached hydrogens (tertiary/aromatic N) is 1. The third-order valence-electron chi connectivity index (χ3n) is 3.71. The highest BCUT2D eigenvalue weighted by molar-refractivity contribution is 6.19. The van der Waals surface area contributed by atoms with E-state index in [0.717, 1.165) is 12.1 Å². The van der Waals surface area contributed by atoms with Crippen molar-refractivity contribution in [2.45, 2.75) is 13.5 Å². The van der Waals surface area contributed by atoms with E-state index >= 15 is 0 Å². The number of ketones is 1. The smallest absolute Gasteiger partial charge is 0.341 e. The predicted octanol–water partition coefficient (Wildman–Crippen LogP) is 3.33. The van der Waals surface area contributed by atoms with Crippen molar-refractivity contribution in [3.05, 3.63) is 77.4 Å². The highest BCUT2D eigenvalue weighted by Crippen LogP contribution is 2.09. The van der Waals surface area contributed by atoms with Crippen LogP contribution in [0.25, 0.3) is 6.08 Å². The van der Waals surface area contributed by atoms with E-state index in [1.54, 1.807) is 6.08 Å². The van der Waals surface area contributed by atoms with Crippen molar-refractivity contribution in [2.75, 3.05) is 20.2 Å². The molecule has 0 aliphatic rings. The molecule has 0 aromatic heterocycles. The first-order valence-electron chi connectivity index (χ1n) is 8.23. The molecule has 0 saturated heterocycles. The van der Waals surface area contributed by atoms with Gasteiger partial charge in [0.05, 0.1) is 0 Å². The van der Waals surface area contributed by atoms with Gasteiger partial charge in [0.25, 0.3) is 0 Å². The molecule has 0 saturated carbocycles. The summed E-state index contributed by atoms with van der Waals surface area (Å²) < 4.78 is 5.28. The zero-order valence-electron chi connectivity index (χ0n) is 14.6. The lowest BCUT2D eigenvalue weighted by atomic mass is 10.1. The van der Waals surface area contributed by atoms with E-state index in [1.165, 1.54) is 12.5 Å². The number of carbonyl (C=O) groups excluding carboxylic acids is 2. The lowest BCUT2D eigenvalue weighted by Crippen LogP contribution is -2.25. The van der Waals surface area contributed by atoms with Gasteiger partial charge in [-0.2, -0.15) is 0 Å². The first-order valence-corrected chi connectivity index (χ1v) is 8.23. The summed E-state index contributed by atoms with van der Waals surface area (Å²) in [6.45, 7) is 2.98. The number of hydrogen-bond donors (Lipinski definition) is 0. The first-order chi connectivity index (χ1) is 12.1. The molecular formula is C21H23NO3. The molecule has 0 amide bonds. The van der Waals surface area contributed by atoms with E-state index in [-0.39, 0.29) is 18.0 Å². The van der Waals surface area contributed by atoms with Gasteiger partial charge in [-0.05, 0) is 31.2 Å². The van der Waals surface area contributed by atoms with Crippen molar-refractivity contribution in [3.63, 3.8) is 0 Å². The lowest BCUT2D eigenvalue weighted by molar-refractivity contribution is -0.140. The summed E-state index contributed by atoms with van der Waals surface area (Å²) in [7, 11) is 1.96. The van der Waals surface area contributed by atoms with Crippen molar-refractivity contribution in [1.29, 1.82) is 0 Å². The molecule has 2 rings (SSSR count). The van der Waals surface area contributed by atoms with Gasteiger partial charge in [-0.3, -0.25) is 9.69 Å². The number of benzene rings is 2. The number of Topliss-reactive ketones (excluding diaryl/α,β-unsaturated/α-hetero) is 1. The van der Waals surface area contributed by atoms with Gasteiger partial charge in [0.2, 0.25) is 0 Å². The minimum Gasteiger partial charge on any atom is -0.461 e. The van der Waals surface area contributed by atoms with Crippen LogP contribution in [0.4, 0.5) is 0 Å². The minimum atomic E-state index is -0.579. The van der Waals surface area contributed by atoms with E-state index in [1.807, 2.05) is 55.6 Å². The van der Waals surface area contributed by atoms with Crippen molar-refractivity contribution < 1.29 is 14.3 Å². The summed E-state index contributed by atoms with van der Waals surface area (Å²) in [4.78, 5) is 26.0. The summed E-state index contributed by atoms with van der Waals surface area (Å²) in [5.74, 6) is -0.879. The molecule has 2 aromatic rings. The molecule has 0 heterocycles. The zero-order valence-corrected chi connectivity index (χ0v) is 14.6. The van der Waals surface area contributed by atoms with Gasteiger partial charge in [-0.1, -0.05) is 60.7 Å². The van der Waals surface area contributed by atoms with E-state index in [0.29, 0.717) is 6.54 Å². The second-order valence-corrected chi connectivity index (χ2v) is 5.88. The Hall–Kier alpha value is -2.72. The Kier molecular flexibility index (Phi) is 7.11. The van der Waals surface area contributed by atoms with Crippen LogP contribution in [-0.4, -0.2) is 36.9 Å². The molecule has 0 radical (unpaired) electrons. The molecule has 0 unspecified atom stereocenters. The molecule has 4 heteroatoms. The van der Waals surface area contributed by atoms with Crippen molar-refractivity contribution >= 4 is 17.8 Å². The normalized spacial score (nSPS) is 11.4. The Morgan fingerprint density at radius 3 is 2.20 bits per heavy atom. The molecule has 0 aliphatic carbocycles. The molecule has 0 N–H and O–H groups in total. The largest absolute Gasteiger partial charge is 0.461 e. The van der Waals surface area contributed by atoms with Crippen LogP contribution in [0.2, 0.25) is 0 Å². The summed E-state index contributed by atoms with van der Waals surface area (Å²) in [5, 5.41) is 0. The van der Waals surface area contributed by atoms with E-state index in [9.17, 15) is 9.59 Å². The van der Waals surface area contributed by atoms with Gasteiger partial charge in [0, 0.05) is 13.1 Å². The Morgan fingerprint density at radius 2 is 1.60 bits per heavy atom. The SMILES string of the molecule is CC(=O)C(=Cc1ccccc1)C(=O)OCCN(C)Cc1ccccc1. The summed E-state index contributed by atoms with van der Waals surface area (Å²) in [5.41, 5.74) is 2.06. The van der Waals surface area contributed by atoms with Gasteiger partial charge in [0.1, 0.15) is 12.2 Å². The van der Waals surface area contributed by atoms with Crippen LogP contribution in [0.5, 0.6) is 0 Å². The molecule has 0 bridgehead atoms. The average molecular weight is 337 g/mol. The number of carbonyl (C=O) groups is 2. The zero-order chi connectivity index (χ0) is 18.1. The number of likely N-dealkylation sites (N-methyl/N-ethyl adjacent to an activating group) is 1. The fourth-order valence-corrected chi connectivity index (χ4v) is 2.37.